The number of aromatic nitrogens is 1. The molecule has 0 amide bonds. The predicted molar refractivity (Wildman–Crippen MR) is 72.4 cm³/mol. The van der Waals surface area contributed by atoms with Crippen molar-refractivity contribution in [3.63, 3.8) is 0 Å². The number of hydrogen-bond donors (Lipinski definition) is 0. The fourth-order valence-corrected chi connectivity index (χ4v) is 1.93. The maximum absolute atomic E-state index is 11.2. The van der Waals surface area contributed by atoms with E-state index in [9.17, 15) is 4.79 Å². The summed E-state index contributed by atoms with van der Waals surface area (Å²) in [5.41, 5.74) is 0.880. The van der Waals surface area contributed by atoms with Crippen LogP contribution in [0.5, 0.6) is 0 Å². The predicted octanol–water partition coefficient (Wildman–Crippen LogP) is 3.13. The van der Waals surface area contributed by atoms with Crippen molar-refractivity contribution in [2.75, 3.05) is 7.11 Å². The van der Waals surface area contributed by atoms with Crippen LogP contribution in [-0.2, 0) is 16.0 Å². The second kappa shape index (κ2) is 5.98. The van der Waals surface area contributed by atoms with E-state index >= 15 is 0 Å². The first-order valence-electron chi connectivity index (χ1n) is 4.79. The van der Waals surface area contributed by atoms with E-state index in [1.54, 1.807) is 12.4 Å². The summed E-state index contributed by atoms with van der Waals surface area (Å²) in [7, 11) is 1.39. The Labute approximate surface area is 114 Å². The molecule has 1 aromatic carbocycles. The first-order valence-corrected chi connectivity index (χ1v) is 5.59. The highest BCUT2D eigenvalue weighted by atomic mass is 79.9. The molecular weight excluding hydrogens is 305 g/mol. The van der Waals surface area contributed by atoms with Crippen molar-refractivity contribution in [3.8, 4) is 0 Å². The third-order valence-corrected chi connectivity index (χ3v) is 2.86. The van der Waals surface area contributed by atoms with Crippen molar-refractivity contribution >= 4 is 45.1 Å². The van der Waals surface area contributed by atoms with Crippen LogP contribution in [0.15, 0.2) is 35.1 Å². The monoisotopic (exact) mass is 315 g/mol. The molecule has 17 heavy (non-hydrogen) atoms. The summed E-state index contributed by atoms with van der Waals surface area (Å²) in [5.74, 6) is -0.255. The first kappa shape index (κ1) is 13.9. The van der Waals surface area contributed by atoms with Crippen LogP contribution in [0, 0.1) is 0 Å². The molecule has 0 aliphatic carbocycles. The van der Waals surface area contributed by atoms with Crippen molar-refractivity contribution in [1.29, 1.82) is 0 Å². The van der Waals surface area contributed by atoms with Gasteiger partial charge in [-0.1, -0.05) is 22.0 Å². The number of ether oxygens (including phenoxy) is 1. The summed E-state index contributed by atoms with van der Waals surface area (Å²) in [6.07, 6.45) is 3.73. The van der Waals surface area contributed by atoms with Gasteiger partial charge in [-0.3, -0.25) is 9.78 Å². The van der Waals surface area contributed by atoms with Gasteiger partial charge in [-0.15, -0.1) is 12.4 Å². The minimum absolute atomic E-state index is 0. The Balaban J connectivity index is 0.00000144. The number of esters is 1. The van der Waals surface area contributed by atoms with E-state index in [-0.39, 0.29) is 24.8 Å². The molecule has 0 saturated heterocycles. The highest BCUT2D eigenvalue weighted by molar-refractivity contribution is 9.10. The molecule has 0 fully saturated rings. The quantitative estimate of drug-likeness (QED) is 0.799. The molecule has 1 aromatic heterocycles. The van der Waals surface area contributed by atoms with E-state index in [2.05, 4.69) is 25.7 Å². The maximum atomic E-state index is 11.2. The minimum atomic E-state index is -0.255. The number of hydrogen-bond acceptors (Lipinski definition) is 3. The standard InChI is InChI=1S/C12H10BrNO2.ClH/c1-16-12(15)4-9-7-14-6-8-2-3-10(13)5-11(8)9;/h2-3,5-7H,4H2,1H3;1H. The molecule has 2 rings (SSSR count). The smallest absolute Gasteiger partial charge is 0.310 e. The summed E-state index contributed by atoms with van der Waals surface area (Å²) in [6.45, 7) is 0. The van der Waals surface area contributed by atoms with Crippen molar-refractivity contribution in [2.24, 2.45) is 0 Å². The van der Waals surface area contributed by atoms with Crippen LogP contribution in [0.25, 0.3) is 10.8 Å². The van der Waals surface area contributed by atoms with Gasteiger partial charge in [0.05, 0.1) is 13.5 Å². The van der Waals surface area contributed by atoms with E-state index in [0.717, 1.165) is 20.8 Å². The Hall–Kier alpha value is -1.13. The van der Waals surface area contributed by atoms with Gasteiger partial charge in [-0.25, -0.2) is 0 Å². The first-order chi connectivity index (χ1) is 7.70. The van der Waals surface area contributed by atoms with E-state index in [4.69, 9.17) is 0 Å². The summed E-state index contributed by atoms with van der Waals surface area (Å²) in [5, 5.41) is 2.04. The van der Waals surface area contributed by atoms with E-state index < -0.39 is 0 Å². The van der Waals surface area contributed by atoms with Gasteiger partial charge >= 0.3 is 5.97 Å². The Kier molecular flexibility index (Phi) is 4.90. The lowest BCUT2D eigenvalue weighted by molar-refractivity contribution is -0.139. The lowest BCUT2D eigenvalue weighted by atomic mass is 10.1. The fraction of sp³-hybridized carbons (Fsp3) is 0.167. The molecule has 3 nitrogen and oxygen atoms in total. The van der Waals surface area contributed by atoms with Gasteiger partial charge in [0.2, 0.25) is 0 Å². The molecule has 0 saturated carbocycles. The van der Waals surface area contributed by atoms with Gasteiger partial charge in [0.25, 0.3) is 0 Å². The zero-order chi connectivity index (χ0) is 11.5. The van der Waals surface area contributed by atoms with Gasteiger partial charge in [0.1, 0.15) is 0 Å². The van der Waals surface area contributed by atoms with Crippen LogP contribution in [0.2, 0.25) is 0 Å². The number of rotatable bonds is 2. The number of fused-ring (bicyclic) bond motifs is 1. The van der Waals surface area contributed by atoms with E-state index in [1.165, 1.54) is 7.11 Å². The van der Waals surface area contributed by atoms with Crippen molar-refractivity contribution in [1.82, 2.24) is 4.98 Å². The van der Waals surface area contributed by atoms with Crippen molar-refractivity contribution in [2.45, 2.75) is 6.42 Å². The average molecular weight is 317 g/mol. The molecule has 0 N–H and O–H groups in total. The third kappa shape index (κ3) is 3.17. The Bertz CT molecular complexity index is 545. The fourth-order valence-electron chi connectivity index (χ4n) is 1.56. The number of pyridine rings is 1. The number of carbonyl (C=O) groups excluding carboxylic acids is 1. The van der Waals surface area contributed by atoms with Crippen LogP contribution >= 0.6 is 28.3 Å². The van der Waals surface area contributed by atoms with Gasteiger partial charge in [0.15, 0.2) is 0 Å². The van der Waals surface area contributed by atoms with Crippen molar-refractivity contribution in [3.05, 3.63) is 40.6 Å². The highest BCUT2D eigenvalue weighted by Gasteiger charge is 2.07. The van der Waals surface area contributed by atoms with Crippen LogP contribution < -0.4 is 0 Å². The van der Waals surface area contributed by atoms with E-state index in [0.29, 0.717) is 0 Å². The van der Waals surface area contributed by atoms with Crippen molar-refractivity contribution < 1.29 is 9.53 Å². The normalized spacial score (nSPS) is 9.76. The molecule has 0 aliphatic rings. The van der Waals surface area contributed by atoms with Crippen LogP contribution in [0.1, 0.15) is 5.56 Å². The zero-order valence-corrected chi connectivity index (χ0v) is 11.5. The average Bonchev–Trinajstić information content (AvgIpc) is 2.29. The molecule has 0 radical (unpaired) electrons. The number of benzene rings is 1. The number of nitrogens with zero attached hydrogens (tertiary/aromatic N) is 1. The molecule has 90 valence electrons. The molecule has 5 heteroatoms. The maximum Gasteiger partial charge on any atom is 0.310 e. The van der Waals surface area contributed by atoms with Gasteiger partial charge < -0.3 is 4.74 Å². The Morgan fingerprint density at radius 1 is 1.41 bits per heavy atom. The van der Waals surface area contributed by atoms with Crippen LogP contribution in [0.3, 0.4) is 0 Å². The molecule has 0 unspecified atom stereocenters. The van der Waals surface area contributed by atoms with Crippen LogP contribution in [0.4, 0.5) is 0 Å². The summed E-state index contributed by atoms with van der Waals surface area (Å²) < 4.78 is 5.64. The highest BCUT2D eigenvalue weighted by Crippen LogP contribution is 2.22. The molecule has 0 spiro atoms. The topological polar surface area (TPSA) is 39.2 Å². The number of methoxy groups -OCH3 is 1. The largest absolute Gasteiger partial charge is 0.469 e. The van der Waals surface area contributed by atoms with Gasteiger partial charge in [-0.2, -0.15) is 0 Å². The zero-order valence-electron chi connectivity index (χ0n) is 9.14. The summed E-state index contributed by atoms with van der Waals surface area (Å²) in [6, 6.07) is 5.90. The molecular formula is C12H11BrClNO2. The molecule has 0 bridgehead atoms. The Morgan fingerprint density at radius 3 is 2.88 bits per heavy atom. The second-order valence-electron chi connectivity index (χ2n) is 3.42. The summed E-state index contributed by atoms with van der Waals surface area (Å²) in [4.78, 5) is 15.4. The number of halogens is 2. The van der Waals surface area contributed by atoms with E-state index in [1.807, 2.05) is 18.2 Å². The second-order valence-corrected chi connectivity index (χ2v) is 4.33. The van der Waals surface area contributed by atoms with Gasteiger partial charge in [0, 0.05) is 22.3 Å². The SMILES string of the molecule is COC(=O)Cc1cncc2ccc(Br)cc12.Cl. The third-order valence-electron chi connectivity index (χ3n) is 2.37. The number of carbonyl (C=O) groups is 1. The Morgan fingerprint density at radius 2 is 2.18 bits per heavy atom. The minimum Gasteiger partial charge on any atom is -0.469 e. The molecule has 0 aliphatic heterocycles. The molecule has 0 atom stereocenters. The lowest BCUT2D eigenvalue weighted by Gasteiger charge is -2.05. The molecule has 2 aromatic rings. The lowest BCUT2D eigenvalue weighted by Crippen LogP contribution is -2.05. The summed E-state index contributed by atoms with van der Waals surface area (Å²) >= 11 is 3.41. The van der Waals surface area contributed by atoms with Crippen LogP contribution in [-0.4, -0.2) is 18.1 Å². The molecule has 1 heterocycles. The van der Waals surface area contributed by atoms with Gasteiger partial charge in [-0.05, 0) is 23.1 Å².